The van der Waals surface area contributed by atoms with Crippen molar-refractivity contribution in [2.75, 3.05) is 38.8 Å². The maximum Gasteiger partial charge on any atom is 0.246 e. The lowest BCUT2D eigenvalue weighted by atomic mass is 10.2. The summed E-state index contributed by atoms with van der Waals surface area (Å²) in [6, 6.07) is 9.67. The average molecular weight is 335 g/mol. The number of rotatable bonds is 6. The molecular formula is C17H25N3O2S. The van der Waals surface area contributed by atoms with Crippen LogP contribution >= 0.6 is 11.8 Å². The molecule has 0 radical (unpaired) electrons. The van der Waals surface area contributed by atoms with Crippen LogP contribution in [0.15, 0.2) is 30.3 Å². The monoisotopic (exact) mass is 335 g/mol. The second kappa shape index (κ2) is 8.36. The number of hydrogen-bond acceptors (Lipinski definition) is 4. The van der Waals surface area contributed by atoms with Crippen LogP contribution in [0.4, 0.5) is 0 Å². The maximum atomic E-state index is 13.0. The van der Waals surface area contributed by atoms with Gasteiger partial charge in [-0.1, -0.05) is 30.3 Å². The predicted octanol–water partition coefficient (Wildman–Crippen LogP) is 1.50. The molecule has 0 N–H and O–H groups in total. The number of amides is 2. The zero-order chi connectivity index (χ0) is 16.8. The third-order valence-corrected chi connectivity index (χ3v) is 4.93. The van der Waals surface area contributed by atoms with Gasteiger partial charge in [0, 0.05) is 32.3 Å². The molecule has 2 amide bonds. The summed E-state index contributed by atoms with van der Waals surface area (Å²) >= 11 is 1.64. The summed E-state index contributed by atoms with van der Waals surface area (Å²) in [5.41, 5.74) is 1.11. The Labute approximate surface area is 142 Å². The minimum atomic E-state index is -0.330. The topological polar surface area (TPSA) is 43.9 Å². The molecule has 0 bridgehead atoms. The van der Waals surface area contributed by atoms with Crippen LogP contribution in [0.3, 0.4) is 0 Å². The lowest BCUT2D eigenvalue weighted by molar-refractivity contribution is -0.142. The predicted molar refractivity (Wildman–Crippen MR) is 94.0 cm³/mol. The highest BCUT2D eigenvalue weighted by Crippen LogP contribution is 2.23. The molecule has 1 saturated heterocycles. The maximum absolute atomic E-state index is 13.0. The Morgan fingerprint density at radius 1 is 1.22 bits per heavy atom. The van der Waals surface area contributed by atoms with Crippen molar-refractivity contribution in [3.8, 4) is 0 Å². The van der Waals surface area contributed by atoms with E-state index >= 15 is 0 Å². The van der Waals surface area contributed by atoms with Crippen LogP contribution in [-0.2, 0) is 16.1 Å². The minimum Gasteiger partial charge on any atom is -0.335 e. The molecule has 0 aromatic heterocycles. The van der Waals surface area contributed by atoms with Gasteiger partial charge in [-0.2, -0.15) is 0 Å². The highest BCUT2D eigenvalue weighted by Gasteiger charge is 2.35. The SMILES string of the molecule is CC(=O)N1CSCC1C(=O)N(CCN(C)C)Cc1ccccc1. The second-order valence-electron chi connectivity index (χ2n) is 6.05. The van der Waals surface area contributed by atoms with Crippen molar-refractivity contribution in [1.82, 2.24) is 14.7 Å². The molecule has 126 valence electrons. The standard InChI is InChI=1S/C17H25N3O2S/c1-14(21)20-13-23-12-16(20)17(22)19(10-9-18(2)3)11-15-7-5-4-6-8-15/h4-8,16H,9-13H2,1-3H3. The van der Waals surface area contributed by atoms with Gasteiger partial charge in [0.05, 0.1) is 5.88 Å². The van der Waals surface area contributed by atoms with Gasteiger partial charge in [-0.05, 0) is 19.7 Å². The molecule has 6 heteroatoms. The molecular weight excluding hydrogens is 310 g/mol. The average Bonchev–Trinajstić information content (AvgIpc) is 3.01. The fourth-order valence-corrected chi connectivity index (χ4v) is 3.77. The lowest BCUT2D eigenvalue weighted by Gasteiger charge is -2.30. The molecule has 23 heavy (non-hydrogen) atoms. The summed E-state index contributed by atoms with van der Waals surface area (Å²) in [7, 11) is 4.00. The molecule has 5 nitrogen and oxygen atoms in total. The third kappa shape index (κ3) is 4.97. The number of nitrogens with zero attached hydrogens (tertiary/aromatic N) is 3. The van der Waals surface area contributed by atoms with E-state index in [0.29, 0.717) is 24.7 Å². The third-order valence-electron chi connectivity index (χ3n) is 3.92. The highest BCUT2D eigenvalue weighted by molar-refractivity contribution is 7.99. The van der Waals surface area contributed by atoms with Gasteiger partial charge in [-0.3, -0.25) is 9.59 Å². The normalized spacial score (nSPS) is 17.6. The van der Waals surface area contributed by atoms with Gasteiger partial charge in [-0.25, -0.2) is 0 Å². The van der Waals surface area contributed by atoms with Crippen LogP contribution in [0, 0.1) is 0 Å². The number of likely N-dealkylation sites (N-methyl/N-ethyl adjacent to an activating group) is 1. The van der Waals surface area contributed by atoms with Crippen molar-refractivity contribution in [2.24, 2.45) is 0 Å². The molecule has 0 aliphatic carbocycles. The fourth-order valence-electron chi connectivity index (χ4n) is 2.56. The molecule has 1 aliphatic rings. The first kappa shape index (κ1) is 17.8. The van der Waals surface area contributed by atoms with Gasteiger partial charge in [-0.15, -0.1) is 11.8 Å². The molecule has 1 aromatic carbocycles. The van der Waals surface area contributed by atoms with Crippen LogP contribution in [0.5, 0.6) is 0 Å². The van der Waals surface area contributed by atoms with Gasteiger partial charge in [0.15, 0.2) is 0 Å². The first-order valence-electron chi connectivity index (χ1n) is 7.81. The Morgan fingerprint density at radius 2 is 1.91 bits per heavy atom. The Morgan fingerprint density at radius 3 is 2.52 bits per heavy atom. The first-order valence-corrected chi connectivity index (χ1v) is 8.97. The van der Waals surface area contributed by atoms with Crippen LogP contribution in [0.2, 0.25) is 0 Å². The van der Waals surface area contributed by atoms with Crippen molar-refractivity contribution in [1.29, 1.82) is 0 Å². The molecule has 2 rings (SSSR count). The molecule has 1 unspecified atom stereocenters. The Balaban J connectivity index is 2.11. The highest BCUT2D eigenvalue weighted by atomic mass is 32.2. The van der Waals surface area contributed by atoms with Crippen LogP contribution < -0.4 is 0 Å². The number of benzene rings is 1. The van der Waals surface area contributed by atoms with E-state index in [1.807, 2.05) is 49.3 Å². The van der Waals surface area contributed by atoms with E-state index in [4.69, 9.17) is 0 Å². The van der Waals surface area contributed by atoms with E-state index in [2.05, 4.69) is 4.90 Å². The fraction of sp³-hybridized carbons (Fsp3) is 0.529. The zero-order valence-corrected chi connectivity index (χ0v) is 14.9. The smallest absolute Gasteiger partial charge is 0.246 e. The van der Waals surface area contributed by atoms with E-state index in [1.54, 1.807) is 16.7 Å². The largest absolute Gasteiger partial charge is 0.335 e. The van der Waals surface area contributed by atoms with Gasteiger partial charge in [0.25, 0.3) is 0 Å². The second-order valence-corrected chi connectivity index (χ2v) is 7.05. The van der Waals surface area contributed by atoms with Crippen molar-refractivity contribution in [3.63, 3.8) is 0 Å². The summed E-state index contributed by atoms with van der Waals surface area (Å²) in [4.78, 5) is 30.3. The van der Waals surface area contributed by atoms with E-state index in [0.717, 1.165) is 12.1 Å². The summed E-state index contributed by atoms with van der Waals surface area (Å²) < 4.78 is 0. The number of carbonyl (C=O) groups excluding carboxylic acids is 2. The van der Waals surface area contributed by atoms with Gasteiger partial charge in [0.1, 0.15) is 6.04 Å². The summed E-state index contributed by atoms with van der Waals surface area (Å²) in [5, 5.41) is 0. The molecule has 1 fully saturated rings. The Bertz CT molecular complexity index is 536. The summed E-state index contributed by atoms with van der Waals surface area (Å²) in [6.45, 7) is 3.58. The van der Waals surface area contributed by atoms with Crippen molar-refractivity contribution < 1.29 is 9.59 Å². The molecule has 1 aliphatic heterocycles. The Hall–Kier alpha value is -1.53. The van der Waals surface area contributed by atoms with Gasteiger partial charge in [0.2, 0.25) is 11.8 Å². The Kier molecular flexibility index (Phi) is 6.47. The molecule has 1 aromatic rings. The van der Waals surface area contributed by atoms with E-state index in [1.165, 1.54) is 6.92 Å². The van der Waals surface area contributed by atoms with E-state index in [9.17, 15) is 9.59 Å². The van der Waals surface area contributed by atoms with Gasteiger partial charge >= 0.3 is 0 Å². The molecule has 1 heterocycles. The van der Waals surface area contributed by atoms with Crippen molar-refractivity contribution >= 4 is 23.6 Å². The number of hydrogen-bond donors (Lipinski definition) is 0. The molecule has 1 atom stereocenters. The summed E-state index contributed by atoms with van der Waals surface area (Å²) in [6.07, 6.45) is 0. The van der Waals surface area contributed by atoms with Gasteiger partial charge < -0.3 is 14.7 Å². The van der Waals surface area contributed by atoms with Crippen LogP contribution in [-0.4, -0.2) is 71.4 Å². The van der Waals surface area contributed by atoms with Crippen molar-refractivity contribution in [2.45, 2.75) is 19.5 Å². The van der Waals surface area contributed by atoms with Crippen LogP contribution in [0.25, 0.3) is 0 Å². The number of carbonyl (C=O) groups is 2. The van der Waals surface area contributed by atoms with E-state index < -0.39 is 0 Å². The summed E-state index contributed by atoms with van der Waals surface area (Å²) in [5.74, 6) is 1.32. The number of thioether (sulfide) groups is 1. The van der Waals surface area contributed by atoms with Crippen LogP contribution in [0.1, 0.15) is 12.5 Å². The lowest BCUT2D eigenvalue weighted by Crippen LogP contribution is -2.49. The molecule has 0 spiro atoms. The zero-order valence-electron chi connectivity index (χ0n) is 14.1. The quantitative estimate of drug-likeness (QED) is 0.790. The molecule has 0 saturated carbocycles. The first-order chi connectivity index (χ1) is 11.0. The van der Waals surface area contributed by atoms with Crippen molar-refractivity contribution in [3.05, 3.63) is 35.9 Å². The minimum absolute atomic E-state index is 0.0272. The van der Waals surface area contributed by atoms with E-state index in [-0.39, 0.29) is 17.9 Å².